The van der Waals surface area contributed by atoms with Crippen molar-refractivity contribution in [2.75, 3.05) is 0 Å². The second kappa shape index (κ2) is 4.65. The van der Waals surface area contributed by atoms with Gasteiger partial charge in [-0.2, -0.15) is 0 Å². The van der Waals surface area contributed by atoms with Crippen molar-refractivity contribution < 1.29 is 15.0 Å². The Hall–Kier alpha value is -1.51. The Kier molecular flexibility index (Phi) is 4.15. The summed E-state index contributed by atoms with van der Waals surface area (Å²) in [6, 6.07) is 0. The first kappa shape index (κ1) is 12.5. The maximum atomic E-state index is 11.2. The highest BCUT2D eigenvalue weighted by Crippen LogP contribution is 2.23. The van der Waals surface area contributed by atoms with Crippen molar-refractivity contribution in [2.24, 2.45) is 0 Å². The number of aliphatic hydroxyl groups is 2. The zero-order chi connectivity index (χ0) is 11.5. The van der Waals surface area contributed by atoms with E-state index in [4.69, 9.17) is 0 Å². The molecule has 0 amide bonds. The predicted molar refractivity (Wildman–Crippen MR) is 56.2 cm³/mol. The lowest BCUT2D eigenvalue weighted by atomic mass is 9.95. The molecule has 0 aromatic carbocycles. The Bertz CT molecular complexity index is 290. The zero-order valence-corrected chi connectivity index (χ0v) is 9.01. The molecule has 0 radical (unpaired) electrons. The summed E-state index contributed by atoms with van der Waals surface area (Å²) in [5.41, 5.74) is 0.985. The van der Waals surface area contributed by atoms with Crippen LogP contribution in [-0.2, 0) is 4.79 Å². The minimum absolute atomic E-state index is 0.0175. The summed E-state index contributed by atoms with van der Waals surface area (Å²) in [5, 5.41) is 18.7. The Morgan fingerprint density at radius 3 is 1.36 bits per heavy atom. The van der Waals surface area contributed by atoms with Crippen LogP contribution in [0.2, 0.25) is 0 Å². The average molecular weight is 196 g/mol. The van der Waals surface area contributed by atoms with Crippen LogP contribution in [0.15, 0.2) is 34.8 Å². The molecule has 2 N–H and O–H groups in total. The van der Waals surface area contributed by atoms with Crippen LogP contribution in [0.25, 0.3) is 0 Å². The van der Waals surface area contributed by atoms with Gasteiger partial charge in [0.1, 0.15) is 5.76 Å². The van der Waals surface area contributed by atoms with E-state index in [0.717, 1.165) is 0 Å². The quantitative estimate of drug-likeness (QED) is 0.414. The lowest BCUT2D eigenvalue weighted by molar-refractivity contribution is -0.113. The lowest BCUT2D eigenvalue weighted by Crippen LogP contribution is -2.06. The number of carbonyl (C=O) groups excluding carboxylic acids is 1. The second-order valence-corrected chi connectivity index (χ2v) is 3.26. The number of carbonyl (C=O) groups is 1. The van der Waals surface area contributed by atoms with E-state index < -0.39 is 0 Å². The smallest absolute Gasteiger partial charge is 0.163 e. The Balaban J connectivity index is 5.66. The topological polar surface area (TPSA) is 57.5 Å². The van der Waals surface area contributed by atoms with E-state index in [1.807, 2.05) is 0 Å². The average Bonchev–Trinajstić information content (AvgIpc) is 1.96. The third-order valence-corrected chi connectivity index (χ3v) is 1.75. The van der Waals surface area contributed by atoms with Gasteiger partial charge in [-0.15, -0.1) is 0 Å². The van der Waals surface area contributed by atoms with Crippen molar-refractivity contribution in [1.82, 2.24) is 0 Å². The van der Waals surface area contributed by atoms with Crippen molar-refractivity contribution >= 4 is 5.78 Å². The number of hydrogen-bond acceptors (Lipinski definition) is 3. The molecule has 0 bridgehead atoms. The lowest BCUT2D eigenvalue weighted by Gasteiger charge is -2.11. The van der Waals surface area contributed by atoms with E-state index in [-0.39, 0.29) is 22.9 Å². The number of aliphatic hydroxyl groups excluding tert-OH is 2. The molecule has 3 heteroatoms. The highest BCUT2D eigenvalue weighted by Gasteiger charge is 2.17. The molecule has 0 aliphatic carbocycles. The van der Waals surface area contributed by atoms with Gasteiger partial charge < -0.3 is 10.2 Å². The van der Waals surface area contributed by atoms with Gasteiger partial charge in [-0.25, -0.2) is 0 Å². The summed E-state index contributed by atoms with van der Waals surface area (Å²) >= 11 is 0. The monoisotopic (exact) mass is 196 g/mol. The van der Waals surface area contributed by atoms with Crippen molar-refractivity contribution in [3.63, 3.8) is 0 Å². The largest absolute Gasteiger partial charge is 0.512 e. The van der Waals surface area contributed by atoms with Crippen LogP contribution in [0.1, 0.15) is 27.7 Å². The van der Waals surface area contributed by atoms with Gasteiger partial charge in [0, 0.05) is 5.57 Å². The predicted octanol–water partition coefficient (Wildman–Crippen LogP) is 2.82. The summed E-state index contributed by atoms with van der Waals surface area (Å²) in [7, 11) is 0. The molecule has 78 valence electrons. The minimum Gasteiger partial charge on any atom is -0.512 e. The summed E-state index contributed by atoms with van der Waals surface area (Å²) < 4.78 is 0. The van der Waals surface area contributed by atoms with Crippen LogP contribution in [0.3, 0.4) is 0 Å². The van der Waals surface area contributed by atoms with Gasteiger partial charge in [-0.3, -0.25) is 4.79 Å². The van der Waals surface area contributed by atoms with Crippen molar-refractivity contribution in [3.05, 3.63) is 34.8 Å². The molecule has 0 saturated heterocycles. The van der Waals surface area contributed by atoms with E-state index in [0.29, 0.717) is 11.1 Å². The maximum Gasteiger partial charge on any atom is 0.163 e. The van der Waals surface area contributed by atoms with E-state index in [9.17, 15) is 15.0 Å². The summed E-state index contributed by atoms with van der Waals surface area (Å²) in [6.45, 7) is 9.51. The van der Waals surface area contributed by atoms with Crippen molar-refractivity contribution in [1.29, 1.82) is 0 Å². The van der Waals surface area contributed by atoms with Crippen LogP contribution in [0.5, 0.6) is 0 Å². The van der Waals surface area contributed by atoms with Crippen LogP contribution >= 0.6 is 0 Å². The van der Waals surface area contributed by atoms with Gasteiger partial charge in [0.05, 0.1) is 11.3 Å². The van der Waals surface area contributed by atoms with Gasteiger partial charge in [0.25, 0.3) is 0 Å². The standard InChI is InChI=1S/C11H16O3/c1-6(2)10(7(3)12)11(8(4)13)9(5)14/h12-13H,1H2,2-5H3. The third kappa shape index (κ3) is 2.76. The van der Waals surface area contributed by atoms with Gasteiger partial charge in [0.15, 0.2) is 5.78 Å². The number of rotatable bonds is 3. The first-order chi connectivity index (χ1) is 6.29. The highest BCUT2D eigenvalue weighted by molar-refractivity contribution is 5.99. The Morgan fingerprint density at radius 1 is 0.929 bits per heavy atom. The molecule has 0 aromatic rings. The van der Waals surface area contributed by atoms with Crippen LogP contribution in [0, 0.1) is 0 Å². The van der Waals surface area contributed by atoms with E-state index in [1.54, 1.807) is 6.92 Å². The molecular formula is C11H16O3. The Morgan fingerprint density at radius 2 is 1.29 bits per heavy atom. The molecular weight excluding hydrogens is 180 g/mol. The highest BCUT2D eigenvalue weighted by atomic mass is 16.3. The molecule has 0 aromatic heterocycles. The number of hydrogen-bond donors (Lipinski definition) is 2. The van der Waals surface area contributed by atoms with E-state index in [2.05, 4.69) is 6.58 Å². The van der Waals surface area contributed by atoms with Crippen LogP contribution < -0.4 is 0 Å². The molecule has 3 nitrogen and oxygen atoms in total. The molecule has 0 aliphatic rings. The SMILES string of the molecule is C=C(C)C(=C(C)O)C(C(C)=O)=C(C)O. The number of allylic oxidation sites excluding steroid dienone is 5. The third-order valence-electron chi connectivity index (χ3n) is 1.75. The molecule has 0 atom stereocenters. The minimum atomic E-state index is -0.295. The van der Waals surface area contributed by atoms with E-state index >= 15 is 0 Å². The molecule has 0 unspecified atom stereocenters. The summed E-state index contributed by atoms with van der Waals surface area (Å²) in [5.74, 6) is -0.420. The molecule has 0 rings (SSSR count). The molecule has 0 saturated carbocycles. The normalized spacial score (nSPS) is 14.3. The fourth-order valence-electron chi connectivity index (χ4n) is 1.31. The molecule has 0 fully saturated rings. The second-order valence-electron chi connectivity index (χ2n) is 3.26. The first-order valence-corrected chi connectivity index (χ1v) is 4.25. The summed E-state index contributed by atoms with van der Waals surface area (Å²) in [6.07, 6.45) is 0. The van der Waals surface area contributed by atoms with Crippen LogP contribution in [-0.4, -0.2) is 16.0 Å². The van der Waals surface area contributed by atoms with Crippen molar-refractivity contribution in [3.8, 4) is 0 Å². The van der Waals surface area contributed by atoms with Crippen LogP contribution in [0.4, 0.5) is 0 Å². The molecule has 0 aliphatic heterocycles. The maximum absolute atomic E-state index is 11.2. The van der Waals surface area contributed by atoms with Gasteiger partial charge in [-0.05, 0) is 33.3 Å². The van der Waals surface area contributed by atoms with Gasteiger partial charge >= 0.3 is 0 Å². The zero-order valence-electron chi connectivity index (χ0n) is 9.01. The summed E-state index contributed by atoms with van der Waals surface area (Å²) in [4.78, 5) is 11.2. The van der Waals surface area contributed by atoms with Gasteiger partial charge in [0.2, 0.25) is 0 Å². The molecule has 14 heavy (non-hydrogen) atoms. The van der Waals surface area contributed by atoms with Crippen molar-refractivity contribution in [2.45, 2.75) is 27.7 Å². The fraction of sp³-hybridized carbons (Fsp3) is 0.364. The number of ketones is 1. The first-order valence-electron chi connectivity index (χ1n) is 4.25. The fourth-order valence-corrected chi connectivity index (χ4v) is 1.31. The number of Topliss-reactive ketones (excluding diaryl/α,β-unsaturated/α-hetero) is 1. The molecule has 0 heterocycles. The molecule has 0 spiro atoms. The Labute approximate surface area is 84.1 Å². The van der Waals surface area contributed by atoms with Gasteiger partial charge in [-0.1, -0.05) is 6.58 Å². The van der Waals surface area contributed by atoms with E-state index in [1.165, 1.54) is 20.8 Å².